The van der Waals surface area contributed by atoms with Crippen LogP contribution in [0.2, 0.25) is 0 Å². The van der Waals surface area contributed by atoms with Gasteiger partial charge in [-0.25, -0.2) is 0 Å². The fraction of sp³-hybridized carbons (Fsp3) is 0.923. The molecule has 17 heavy (non-hydrogen) atoms. The van der Waals surface area contributed by atoms with Crippen molar-refractivity contribution in [3.05, 3.63) is 0 Å². The van der Waals surface area contributed by atoms with Gasteiger partial charge in [0.15, 0.2) is 0 Å². The molecule has 2 unspecified atom stereocenters. The molecular formula is C13H20BrClO2. The van der Waals surface area contributed by atoms with E-state index < -0.39 is 0 Å². The molecular weight excluding hydrogens is 303 g/mol. The number of halogens is 2. The molecule has 0 amide bonds. The molecule has 4 atom stereocenters. The number of ketones is 1. The predicted octanol–water partition coefficient (Wildman–Crippen LogP) is 3.69. The van der Waals surface area contributed by atoms with E-state index in [0.717, 1.165) is 38.5 Å². The number of alkyl halides is 2. The monoisotopic (exact) mass is 322 g/mol. The summed E-state index contributed by atoms with van der Waals surface area (Å²) >= 11 is 9.56. The minimum atomic E-state index is 0.180. The van der Waals surface area contributed by atoms with E-state index in [-0.39, 0.29) is 12.2 Å². The van der Waals surface area contributed by atoms with Crippen LogP contribution < -0.4 is 0 Å². The fourth-order valence-corrected chi connectivity index (χ4v) is 4.02. The van der Waals surface area contributed by atoms with Crippen LogP contribution in [0.15, 0.2) is 0 Å². The first-order chi connectivity index (χ1) is 8.17. The molecule has 2 rings (SSSR count). The molecule has 0 spiro atoms. The normalized spacial score (nSPS) is 39.3. The number of Topliss-reactive ketones (excluding diaryl/α,β-unsaturated/α-hetero) is 1. The van der Waals surface area contributed by atoms with Gasteiger partial charge in [0.25, 0.3) is 0 Å². The molecule has 0 aromatic carbocycles. The van der Waals surface area contributed by atoms with Gasteiger partial charge < -0.3 is 4.74 Å². The van der Waals surface area contributed by atoms with Crippen LogP contribution in [-0.4, -0.2) is 28.7 Å². The summed E-state index contributed by atoms with van der Waals surface area (Å²) in [5, 5.41) is 0. The number of ether oxygens (including phenoxy) is 1. The second kappa shape index (κ2) is 6.53. The topological polar surface area (TPSA) is 26.3 Å². The lowest BCUT2D eigenvalue weighted by Gasteiger charge is -2.34. The van der Waals surface area contributed by atoms with E-state index in [1.54, 1.807) is 0 Å². The number of carbonyl (C=O) groups is 1. The highest BCUT2D eigenvalue weighted by atomic mass is 79.9. The maximum absolute atomic E-state index is 11.4. The Bertz CT molecular complexity index is 272. The van der Waals surface area contributed by atoms with Crippen LogP contribution in [0, 0.1) is 5.92 Å². The van der Waals surface area contributed by atoms with Gasteiger partial charge in [0.1, 0.15) is 5.78 Å². The van der Waals surface area contributed by atoms with E-state index in [9.17, 15) is 4.79 Å². The Balaban J connectivity index is 1.82. The number of carbonyl (C=O) groups excluding carboxylic acids is 1. The van der Waals surface area contributed by atoms with Crippen LogP contribution in [0.1, 0.15) is 44.9 Å². The van der Waals surface area contributed by atoms with E-state index >= 15 is 0 Å². The average molecular weight is 324 g/mol. The zero-order valence-electron chi connectivity index (χ0n) is 10.0. The Kier molecular flexibility index (Phi) is 5.31. The van der Waals surface area contributed by atoms with Crippen LogP contribution in [0.3, 0.4) is 0 Å². The summed E-state index contributed by atoms with van der Waals surface area (Å²) in [5.41, 5.74) is 0. The standard InChI is InChI=1S/C13H20BrClO2/c14-10-6-12(17-13(7-10)8-15)5-9-2-1-3-11(16)4-9/h9-10,12-13H,1-8H2/t9?,10?,12-,13-/m0/s1. The first-order valence-corrected chi connectivity index (χ1v) is 7.99. The maximum atomic E-state index is 11.4. The quantitative estimate of drug-likeness (QED) is 0.741. The largest absolute Gasteiger partial charge is 0.374 e. The molecule has 0 aromatic rings. The summed E-state index contributed by atoms with van der Waals surface area (Å²) < 4.78 is 5.97. The number of rotatable bonds is 3. The molecule has 0 radical (unpaired) electrons. The van der Waals surface area contributed by atoms with Crippen molar-refractivity contribution in [2.24, 2.45) is 5.92 Å². The fourth-order valence-electron chi connectivity index (χ4n) is 2.99. The minimum Gasteiger partial charge on any atom is -0.374 e. The molecule has 98 valence electrons. The summed E-state index contributed by atoms with van der Waals surface area (Å²) in [6.07, 6.45) is 7.35. The highest BCUT2D eigenvalue weighted by Gasteiger charge is 2.30. The van der Waals surface area contributed by atoms with Crippen molar-refractivity contribution in [3.8, 4) is 0 Å². The van der Waals surface area contributed by atoms with Crippen molar-refractivity contribution in [2.45, 2.75) is 62.0 Å². The Hall–Kier alpha value is 0.400. The van der Waals surface area contributed by atoms with Gasteiger partial charge >= 0.3 is 0 Å². The van der Waals surface area contributed by atoms with Gasteiger partial charge in [-0.3, -0.25) is 4.79 Å². The van der Waals surface area contributed by atoms with E-state index in [4.69, 9.17) is 16.3 Å². The van der Waals surface area contributed by atoms with Gasteiger partial charge in [0.05, 0.1) is 12.2 Å². The first kappa shape index (κ1) is 13.8. The Morgan fingerprint density at radius 1 is 1.35 bits per heavy atom. The lowest BCUT2D eigenvalue weighted by molar-refractivity contribution is -0.122. The Morgan fingerprint density at radius 2 is 2.12 bits per heavy atom. The smallest absolute Gasteiger partial charge is 0.133 e. The molecule has 0 aromatic heterocycles. The first-order valence-electron chi connectivity index (χ1n) is 6.54. The zero-order valence-corrected chi connectivity index (χ0v) is 12.4. The molecule has 1 saturated heterocycles. The molecule has 1 aliphatic carbocycles. The van der Waals surface area contributed by atoms with Crippen molar-refractivity contribution >= 4 is 33.3 Å². The third-order valence-electron chi connectivity index (χ3n) is 3.77. The van der Waals surface area contributed by atoms with Gasteiger partial charge in [-0.05, 0) is 38.0 Å². The van der Waals surface area contributed by atoms with Crippen LogP contribution in [0.4, 0.5) is 0 Å². The van der Waals surface area contributed by atoms with Gasteiger partial charge in [0, 0.05) is 23.5 Å². The summed E-state index contributed by atoms with van der Waals surface area (Å²) in [6.45, 7) is 0. The molecule has 1 aliphatic heterocycles. The summed E-state index contributed by atoms with van der Waals surface area (Å²) in [5.74, 6) is 1.54. The van der Waals surface area contributed by atoms with Crippen molar-refractivity contribution in [1.82, 2.24) is 0 Å². The van der Waals surface area contributed by atoms with E-state index in [0.29, 0.717) is 22.4 Å². The molecule has 2 fully saturated rings. The van der Waals surface area contributed by atoms with Crippen LogP contribution in [0.5, 0.6) is 0 Å². The number of hydrogen-bond donors (Lipinski definition) is 0. The van der Waals surface area contributed by atoms with Crippen molar-refractivity contribution in [1.29, 1.82) is 0 Å². The van der Waals surface area contributed by atoms with Gasteiger partial charge in [-0.2, -0.15) is 0 Å². The zero-order chi connectivity index (χ0) is 12.3. The SMILES string of the molecule is O=C1CCCC(C[C@H]2CC(Br)C[C@@H](CCl)O2)C1. The summed E-state index contributed by atoms with van der Waals surface area (Å²) in [7, 11) is 0. The van der Waals surface area contributed by atoms with Crippen molar-refractivity contribution in [3.63, 3.8) is 0 Å². The molecule has 0 bridgehead atoms. The predicted molar refractivity (Wildman–Crippen MR) is 72.9 cm³/mol. The molecule has 0 N–H and O–H groups in total. The van der Waals surface area contributed by atoms with E-state index in [1.807, 2.05) is 0 Å². The van der Waals surface area contributed by atoms with E-state index in [2.05, 4.69) is 15.9 Å². The Labute approximate surface area is 117 Å². The minimum absolute atomic E-state index is 0.180. The molecule has 1 saturated carbocycles. The lowest BCUT2D eigenvalue weighted by Crippen LogP contribution is -2.36. The van der Waals surface area contributed by atoms with Gasteiger partial charge in [0.2, 0.25) is 0 Å². The van der Waals surface area contributed by atoms with Crippen LogP contribution >= 0.6 is 27.5 Å². The second-order valence-corrected chi connectivity index (χ2v) is 6.94. The molecule has 1 heterocycles. The Morgan fingerprint density at radius 3 is 2.82 bits per heavy atom. The lowest BCUT2D eigenvalue weighted by atomic mass is 9.83. The maximum Gasteiger partial charge on any atom is 0.133 e. The molecule has 2 aliphatic rings. The third-order valence-corrected chi connectivity index (χ3v) is 4.87. The molecule has 2 nitrogen and oxygen atoms in total. The van der Waals surface area contributed by atoms with Crippen molar-refractivity contribution < 1.29 is 9.53 Å². The van der Waals surface area contributed by atoms with Gasteiger partial charge in [-0.15, -0.1) is 11.6 Å². The summed E-state index contributed by atoms with van der Waals surface area (Å²) in [6, 6.07) is 0. The van der Waals surface area contributed by atoms with E-state index in [1.165, 1.54) is 6.42 Å². The summed E-state index contributed by atoms with van der Waals surface area (Å²) in [4.78, 5) is 11.9. The molecule has 4 heteroatoms. The highest BCUT2D eigenvalue weighted by molar-refractivity contribution is 9.09. The average Bonchev–Trinajstić information content (AvgIpc) is 2.28. The second-order valence-electron chi connectivity index (χ2n) is 5.34. The number of hydrogen-bond acceptors (Lipinski definition) is 2. The van der Waals surface area contributed by atoms with Crippen LogP contribution in [-0.2, 0) is 9.53 Å². The highest BCUT2D eigenvalue weighted by Crippen LogP contribution is 2.33. The third kappa shape index (κ3) is 4.22. The van der Waals surface area contributed by atoms with Crippen LogP contribution in [0.25, 0.3) is 0 Å². The van der Waals surface area contributed by atoms with Gasteiger partial charge in [-0.1, -0.05) is 15.9 Å². The van der Waals surface area contributed by atoms with Crippen molar-refractivity contribution in [2.75, 3.05) is 5.88 Å².